The summed E-state index contributed by atoms with van der Waals surface area (Å²) in [5, 5.41) is 67.8. The molecule has 0 unspecified atom stereocenters. The largest absolute Gasteiger partial charge is 1.00 e. The Kier molecular flexibility index (Phi) is 52.7. The van der Waals surface area contributed by atoms with Crippen molar-refractivity contribution >= 4 is 159 Å². The van der Waals surface area contributed by atoms with Gasteiger partial charge in [0.05, 0.1) is 106 Å². The first-order chi connectivity index (χ1) is 62.3. The number of nitrogens with zero attached hydrogens (tertiary/aromatic N) is 12. The average Bonchev–Trinajstić information content (AvgIpc) is 1.68. The summed E-state index contributed by atoms with van der Waals surface area (Å²) in [4.78, 5) is 82.9. The van der Waals surface area contributed by atoms with E-state index in [0.717, 1.165) is 116 Å². The van der Waals surface area contributed by atoms with Gasteiger partial charge in [0.1, 0.15) is 24.7 Å². The predicted molar refractivity (Wildman–Crippen MR) is 527 cm³/mol. The van der Waals surface area contributed by atoms with Gasteiger partial charge >= 0.3 is 55.6 Å². The van der Waals surface area contributed by atoms with Crippen LogP contribution in [0.1, 0.15) is 144 Å². The topological polar surface area (TPSA) is 396 Å². The van der Waals surface area contributed by atoms with Crippen LogP contribution in [0.3, 0.4) is 0 Å². The fourth-order valence-electron chi connectivity index (χ4n) is 12.5. The average molecular weight is 2160 g/mol. The van der Waals surface area contributed by atoms with E-state index in [9.17, 15) is 49.3 Å². The van der Waals surface area contributed by atoms with Crippen LogP contribution in [0.5, 0.6) is 11.5 Å². The van der Waals surface area contributed by atoms with E-state index in [1.807, 2.05) is 143 Å². The number of esters is 2. The van der Waals surface area contributed by atoms with Crippen LogP contribution >= 0.6 is 91.3 Å². The summed E-state index contributed by atoms with van der Waals surface area (Å²) in [5.41, 5.74) is 11.1. The molecule has 0 spiro atoms. The number of aliphatic imine (C=N–C) groups is 1. The number of aliphatic hydroxyl groups excluding tert-OH is 1. The number of hydrogen-bond acceptors (Lipinski definition) is 25. The SMILES string of the molecule is C.C1CCOC1.CCOC(=O)C1=C(C)C=NC1.CCOC(=O)c1c(C)cnn1-c1ccc(Br)cc1.CNC1CCCC1.Cc1cnn(-c2ccc(Br)cc2)c1CO.Cc1cnn(-c2ccc(Br)cc2)c1COC(=O)N(C)C1CCCC1.Cc1cnn(-c2ccc(Br)cc2)c1COC(=O)Oc1ccc([N+](=O)[O-])cc1.O=C(Cl)Oc1ccc([N+](=O)[O-])cc1.OB(O)c1ccc(Br)cc1.[B].[H-].[Li+]. The Morgan fingerprint density at radius 1 is 0.534 bits per heavy atom. The summed E-state index contributed by atoms with van der Waals surface area (Å²) < 4.78 is 46.8. The quantitative estimate of drug-likeness (QED) is 0.0105. The van der Waals surface area contributed by atoms with Gasteiger partial charge in [-0.3, -0.25) is 25.2 Å². The zero-order valence-electron chi connectivity index (χ0n) is 75.6. The Balaban J connectivity index is 0.000000400. The molecule has 11 aromatic rings. The Hall–Kier alpha value is -10.2. The van der Waals surface area contributed by atoms with E-state index in [1.165, 1.54) is 99.9 Å². The number of nitro benzene ring substituents is 2. The molecule has 2 aliphatic carbocycles. The van der Waals surface area contributed by atoms with Crippen molar-refractivity contribution in [1.82, 2.24) is 49.3 Å². The van der Waals surface area contributed by atoms with Gasteiger partial charge in [0.2, 0.25) is 0 Å². The Bertz CT molecular complexity index is 5500. The number of nitro groups is 2. The molecule has 15 rings (SSSR count). The minimum Gasteiger partial charge on any atom is -1.00 e. The number of ether oxygens (including phenoxy) is 7. The van der Waals surface area contributed by atoms with Gasteiger partial charge in [-0.2, -0.15) is 20.4 Å². The van der Waals surface area contributed by atoms with Crippen molar-refractivity contribution in [3.05, 3.63) is 293 Å². The number of non-ortho nitro benzene ring substituents is 2. The van der Waals surface area contributed by atoms with Crippen molar-refractivity contribution in [3.63, 3.8) is 0 Å². The number of halogens is 6. The molecular formula is C92H107B2Br5ClLiN13O19. The van der Waals surface area contributed by atoms with E-state index >= 15 is 0 Å². The molecule has 3 fully saturated rings. The first kappa shape index (κ1) is 115. The summed E-state index contributed by atoms with van der Waals surface area (Å²) in [6.45, 7) is 16.5. The first-order valence-electron chi connectivity index (χ1n) is 41.1. The standard InChI is InChI=1S/C18H14BrN3O5.C18H22BrN3O2.C13H13BrN2O2.C11H11BrN2O.C8H11NO2.C7H4ClNO4.C6H6BBrO2.C6H13N.C4H8O.CH4.B.Li.H/c1-12-10-20-21(14-4-2-13(19)3-5-14)17(12)11-26-18(23)27-16-8-6-15(7-9-16)22(24)25;1-13-11-20-22(16-9-7-14(19)8-10-16)17(13)12-24-18(23)21(2)15-5-3-4-6-15;1-3-18-13(17)12-9(2)8-15-16(12)11-6-4-10(14)5-7-11;1-8-6-13-14(11(8)7-15)10-4-2-9(12)3-5-10;1-3-11-8(10)7-5-9-4-6(7)2;8-7(10)13-6-3-1-5(2-4-6)9(11)12;8-6-3-1-5(2-4-6)7(9)10;1-7-6-4-2-3-5-6;1-2-4-5-3-1;;;;/h2-10H,11H2,1H3;7-11,15H,3-6,12H2,1-2H3;4-8H,3H2,1-2H3;2-6,15H,7H2,1H3;4H,3,5H2,1-2H3;1-4H;1-4,9-10H;6-7H,2-5H2,1H3;1-4H2;1H4;;;/q;;;;;;;;;;;+1;-1. The fourth-order valence-corrected chi connectivity index (χ4v) is 14.0. The molecule has 2 aliphatic heterocycles. The van der Waals surface area contributed by atoms with Gasteiger partial charge in [-0.15, -0.1) is 0 Å². The zero-order valence-corrected chi connectivity index (χ0v) is 83.3. The third kappa shape index (κ3) is 38.6. The van der Waals surface area contributed by atoms with Crippen LogP contribution in [0.2, 0.25) is 0 Å². The summed E-state index contributed by atoms with van der Waals surface area (Å²) in [5.74, 6) is -0.257. The molecule has 4 aliphatic rings. The summed E-state index contributed by atoms with van der Waals surface area (Å²) in [6, 6.07) is 49.0. The molecule has 7 aromatic carbocycles. The van der Waals surface area contributed by atoms with Gasteiger partial charge in [0.25, 0.3) is 11.4 Å². The Morgan fingerprint density at radius 3 is 1.26 bits per heavy atom. The van der Waals surface area contributed by atoms with Crippen LogP contribution < -0.4 is 39.1 Å². The van der Waals surface area contributed by atoms with E-state index in [-0.39, 0.29) is 96.9 Å². The van der Waals surface area contributed by atoms with E-state index in [1.54, 1.807) is 88.1 Å². The number of benzene rings is 7. The molecule has 3 radical (unpaired) electrons. The van der Waals surface area contributed by atoms with Gasteiger partial charge in [-0.05, 0) is 255 Å². The van der Waals surface area contributed by atoms with Gasteiger partial charge in [0, 0.05) is 111 Å². The van der Waals surface area contributed by atoms with Crippen LogP contribution in [-0.2, 0) is 48.3 Å². The number of hydrogen-bond donors (Lipinski definition) is 4. The van der Waals surface area contributed by atoms with Gasteiger partial charge in [0.15, 0.2) is 5.69 Å². The second-order valence-electron chi connectivity index (χ2n) is 28.9. The van der Waals surface area contributed by atoms with E-state index in [0.29, 0.717) is 48.2 Å². The normalized spacial score (nSPS) is 12.5. The molecule has 133 heavy (non-hydrogen) atoms. The molecule has 0 bridgehead atoms. The zero-order chi connectivity index (χ0) is 94.8. The maximum absolute atomic E-state index is 12.3. The number of aromatic nitrogens is 8. The summed E-state index contributed by atoms with van der Waals surface area (Å²) in [7, 11) is 2.51. The van der Waals surface area contributed by atoms with E-state index in [2.05, 4.69) is 122 Å². The Labute approximate surface area is 836 Å². The third-order valence-corrected chi connectivity index (χ3v) is 22.4. The minimum absolute atomic E-state index is 0. The summed E-state index contributed by atoms with van der Waals surface area (Å²) >= 11 is 21.7. The summed E-state index contributed by atoms with van der Waals surface area (Å²) in [6.07, 6.45) is 20.2. The molecule has 2 saturated carbocycles. The van der Waals surface area contributed by atoms with Gasteiger partial charge in [-0.1, -0.05) is 125 Å². The predicted octanol–water partition coefficient (Wildman–Crippen LogP) is 17.3. The maximum Gasteiger partial charge on any atom is 1.00 e. The number of carbonyl (C=O) groups excluding carboxylic acids is 5. The number of aryl methyl sites for hydroxylation is 4. The van der Waals surface area contributed by atoms with Crippen LogP contribution in [0.25, 0.3) is 22.7 Å². The van der Waals surface area contributed by atoms with Crippen molar-refractivity contribution in [2.45, 2.75) is 152 Å². The molecule has 4 N–H and O–H groups in total. The number of aliphatic hydroxyl groups is 1. The molecule has 32 nitrogen and oxygen atoms in total. The van der Waals surface area contributed by atoms with Crippen molar-refractivity contribution < 1.29 is 102 Å². The van der Waals surface area contributed by atoms with Gasteiger partial charge in [-0.25, -0.2) is 42.7 Å². The Morgan fingerprint density at radius 2 is 0.902 bits per heavy atom. The third-order valence-electron chi connectivity index (χ3n) is 19.7. The number of amides is 1. The van der Waals surface area contributed by atoms with Gasteiger partial charge < -0.3 is 60.0 Å². The number of allylic oxidation sites excluding steroid dienone is 1. The van der Waals surface area contributed by atoms with Crippen molar-refractivity contribution in [1.29, 1.82) is 0 Å². The molecule has 6 heterocycles. The number of rotatable bonds is 20. The number of carbonyl (C=O) groups is 5. The smallest absolute Gasteiger partial charge is 1.00 e. The van der Waals surface area contributed by atoms with E-state index < -0.39 is 28.5 Å². The molecule has 703 valence electrons. The second-order valence-corrected chi connectivity index (χ2v) is 33.8. The number of nitrogens with one attached hydrogen (secondary N) is 1. The molecular weight excluding hydrogens is 2050 g/mol. The molecule has 41 heteroatoms. The van der Waals surface area contributed by atoms with Crippen molar-refractivity contribution in [2.24, 2.45) is 4.99 Å². The van der Waals surface area contributed by atoms with Crippen LogP contribution in [0, 0.1) is 47.9 Å². The van der Waals surface area contributed by atoms with Crippen LogP contribution in [0.4, 0.5) is 25.8 Å². The molecule has 1 amide bonds. The van der Waals surface area contributed by atoms with E-state index in [4.69, 9.17) is 50.1 Å². The van der Waals surface area contributed by atoms with Crippen molar-refractivity contribution in [3.8, 4) is 34.2 Å². The second kappa shape index (κ2) is 60.9. The monoisotopic (exact) mass is 2160 g/mol. The molecule has 0 atom stereocenters. The van der Waals surface area contributed by atoms with Crippen LogP contribution in [0.15, 0.2) is 233 Å². The first-order valence-corrected chi connectivity index (χ1v) is 45.5. The minimum atomic E-state index is -1.37. The van der Waals surface area contributed by atoms with Crippen LogP contribution in [-0.4, -0.2) is 180 Å². The molecule has 4 aromatic heterocycles. The maximum atomic E-state index is 12.3. The van der Waals surface area contributed by atoms with Crippen molar-refractivity contribution in [2.75, 3.05) is 47.1 Å². The molecule has 1 saturated heterocycles. The fraction of sp³-hybridized carbons (Fsp3) is 0.326.